The Bertz CT molecular complexity index is 1300. The van der Waals surface area contributed by atoms with E-state index in [-0.39, 0.29) is 12.4 Å². The molecule has 2 aromatic carbocycles. The quantitative estimate of drug-likeness (QED) is 0.215. The molecule has 1 atom stereocenters. The molecule has 37 heavy (non-hydrogen) atoms. The molecule has 1 aliphatic carbocycles. The summed E-state index contributed by atoms with van der Waals surface area (Å²) in [4.78, 5) is 30.3. The van der Waals surface area contributed by atoms with Crippen LogP contribution in [0, 0.1) is 5.41 Å². The minimum absolute atomic E-state index is 0.125. The number of ketones is 1. The number of aromatic nitrogens is 2. The maximum atomic E-state index is 13.6. The second kappa shape index (κ2) is 12.1. The topological polar surface area (TPSA) is 90.7 Å². The van der Waals surface area contributed by atoms with Crippen LogP contribution in [0.4, 0.5) is 0 Å². The second-order valence-corrected chi connectivity index (χ2v) is 9.87. The maximum absolute atomic E-state index is 13.6. The summed E-state index contributed by atoms with van der Waals surface area (Å²) < 4.78 is 12.4. The summed E-state index contributed by atoms with van der Waals surface area (Å²) in [7, 11) is 3.21. The van der Waals surface area contributed by atoms with Gasteiger partial charge in [0.2, 0.25) is 0 Å². The minimum atomic E-state index is -0.821. The van der Waals surface area contributed by atoms with Crippen molar-refractivity contribution in [2.24, 2.45) is 12.5 Å². The molecule has 1 aliphatic rings. The summed E-state index contributed by atoms with van der Waals surface area (Å²) in [5, 5.41) is 11.3. The van der Waals surface area contributed by atoms with E-state index in [0.29, 0.717) is 34.2 Å². The fraction of sp³-hybridized carbons (Fsp3) is 0.276. The molecule has 192 valence electrons. The molecule has 1 unspecified atom stereocenters. The Morgan fingerprint density at radius 3 is 2.54 bits per heavy atom. The van der Waals surface area contributed by atoms with Crippen LogP contribution in [0.5, 0.6) is 5.75 Å². The van der Waals surface area contributed by atoms with Crippen LogP contribution < -0.4 is 4.74 Å². The number of allylic oxidation sites excluding steroid dienone is 1. The van der Waals surface area contributed by atoms with Gasteiger partial charge in [-0.05, 0) is 66.9 Å². The van der Waals surface area contributed by atoms with Gasteiger partial charge >= 0.3 is 5.97 Å². The minimum Gasteiger partial charge on any atom is -0.494 e. The van der Waals surface area contributed by atoms with Gasteiger partial charge in [-0.1, -0.05) is 36.4 Å². The number of carbonyl (C=O) groups is 2. The van der Waals surface area contributed by atoms with E-state index in [1.54, 1.807) is 30.5 Å². The highest BCUT2D eigenvalue weighted by Crippen LogP contribution is 2.47. The molecule has 4 rings (SSSR count). The number of methoxy groups -OCH3 is 1. The first-order chi connectivity index (χ1) is 18.0. The van der Waals surface area contributed by atoms with Gasteiger partial charge in [0, 0.05) is 30.4 Å². The molecule has 0 saturated carbocycles. The number of aliphatic hydroxyl groups is 1. The van der Waals surface area contributed by atoms with Gasteiger partial charge in [-0.3, -0.25) is 4.79 Å². The molecule has 1 heterocycles. The maximum Gasteiger partial charge on any atom is 0.337 e. The number of hydrogen-bond donors (Lipinski definition) is 1. The molecular weight excluding hydrogens is 488 g/mol. The van der Waals surface area contributed by atoms with Gasteiger partial charge in [0.15, 0.2) is 10.9 Å². The van der Waals surface area contributed by atoms with Gasteiger partial charge in [0.05, 0.1) is 30.8 Å². The van der Waals surface area contributed by atoms with Crippen LogP contribution in [-0.2, 0) is 16.6 Å². The Morgan fingerprint density at radius 2 is 1.89 bits per heavy atom. The van der Waals surface area contributed by atoms with Crippen molar-refractivity contribution in [3.8, 4) is 5.75 Å². The van der Waals surface area contributed by atoms with E-state index in [9.17, 15) is 14.7 Å². The van der Waals surface area contributed by atoms with Crippen LogP contribution in [0.1, 0.15) is 35.2 Å². The molecule has 0 saturated heterocycles. The van der Waals surface area contributed by atoms with E-state index in [1.165, 1.54) is 18.9 Å². The summed E-state index contributed by atoms with van der Waals surface area (Å²) >= 11 is 1.30. The SMILES string of the molecule is COC(=O)c1ccc(C=C2C(=O)C(Sc3nccn3C)=CC2(CO)CCCCOc2ccccc2)cc1. The van der Waals surface area contributed by atoms with Crippen molar-refractivity contribution in [2.45, 2.75) is 24.4 Å². The number of benzene rings is 2. The highest BCUT2D eigenvalue weighted by atomic mass is 32.2. The normalized spacial score (nSPS) is 18.2. The van der Waals surface area contributed by atoms with Crippen molar-refractivity contribution < 1.29 is 24.2 Å². The van der Waals surface area contributed by atoms with Gasteiger partial charge < -0.3 is 19.1 Å². The lowest BCUT2D eigenvalue weighted by atomic mass is 9.78. The molecule has 0 amide bonds. The summed E-state index contributed by atoms with van der Waals surface area (Å²) in [6, 6.07) is 16.5. The number of esters is 1. The third kappa shape index (κ3) is 6.21. The fourth-order valence-corrected chi connectivity index (χ4v) is 5.25. The fourth-order valence-electron chi connectivity index (χ4n) is 4.25. The Balaban J connectivity index is 1.56. The molecule has 0 radical (unpaired) electrons. The van der Waals surface area contributed by atoms with Crippen molar-refractivity contribution >= 4 is 29.6 Å². The van der Waals surface area contributed by atoms with E-state index in [2.05, 4.69) is 4.98 Å². The average Bonchev–Trinajstić information content (AvgIpc) is 3.45. The third-order valence-corrected chi connectivity index (χ3v) is 7.44. The number of aryl methyl sites for hydroxylation is 1. The zero-order chi connectivity index (χ0) is 26.3. The Hall–Kier alpha value is -3.62. The Kier molecular flexibility index (Phi) is 8.63. The predicted molar refractivity (Wildman–Crippen MR) is 143 cm³/mol. The van der Waals surface area contributed by atoms with E-state index in [0.717, 1.165) is 24.2 Å². The number of nitrogens with zero attached hydrogens (tertiary/aromatic N) is 2. The molecular formula is C29H30N2O5S. The van der Waals surface area contributed by atoms with Crippen molar-refractivity contribution in [2.75, 3.05) is 20.3 Å². The molecule has 7 nitrogen and oxygen atoms in total. The van der Waals surface area contributed by atoms with Crippen molar-refractivity contribution in [1.82, 2.24) is 9.55 Å². The van der Waals surface area contributed by atoms with Gasteiger partial charge in [0.25, 0.3) is 0 Å². The lowest BCUT2D eigenvalue weighted by molar-refractivity contribution is -0.111. The van der Waals surface area contributed by atoms with Crippen LogP contribution in [0.2, 0.25) is 0 Å². The molecule has 0 spiro atoms. The number of para-hydroxylation sites is 1. The number of aliphatic hydroxyl groups excluding tert-OH is 1. The van der Waals surface area contributed by atoms with E-state index >= 15 is 0 Å². The van der Waals surface area contributed by atoms with Crippen LogP contribution in [0.25, 0.3) is 6.08 Å². The summed E-state index contributed by atoms with van der Waals surface area (Å²) in [5.74, 6) is 0.272. The largest absolute Gasteiger partial charge is 0.494 e. The first kappa shape index (κ1) is 26.4. The molecule has 8 heteroatoms. The smallest absolute Gasteiger partial charge is 0.337 e. The number of carbonyl (C=O) groups excluding carboxylic acids is 2. The summed E-state index contributed by atoms with van der Waals surface area (Å²) in [6.07, 6.45) is 9.34. The van der Waals surface area contributed by atoms with E-state index in [1.807, 2.05) is 60.3 Å². The number of unbranched alkanes of at least 4 members (excludes halogenated alkanes) is 1. The monoisotopic (exact) mass is 518 g/mol. The second-order valence-electron chi connectivity index (χ2n) is 8.86. The number of imidazole rings is 1. The third-order valence-electron chi connectivity index (χ3n) is 6.34. The van der Waals surface area contributed by atoms with Gasteiger partial charge in [0.1, 0.15) is 5.75 Å². The number of ether oxygens (including phenoxy) is 2. The first-order valence-corrected chi connectivity index (χ1v) is 12.9. The van der Waals surface area contributed by atoms with Crippen LogP contribution in [0.15, 0.2) is 88.7 Å². The number of Topliss-reactive ketones (excluding diaryl/α,β-unsaturated/α-hetero) is 1. The van der Waals surface area contributed by atoms with Gasteiger partial charge in [-0.2, -0.15) is 0 Å². The molecule has 3 aromatic rings. The van der Waals surface area contributed by atoms with Crippen LogP contribution >= 0.6 is 11.8 Å². The van der Waals surface area contributed by atoms with Gasteiger partial charge in [-0.15, -0.1) is 0 Å². The lowest BCUT2D eigenvalue weighted by Gasteiger charge is -2.26. The molecule has 1 aromatic heterocycles. The highest BCUT2D eigenvalue weighted by Gasteiger charge is 2.43. The lowest BCUT2D eigenvalue weighted by Crippen LogP contribution is -2.25. The average molecular weight is 519 g/mol. The number of thioether (sulfide) groups is 1. The zero-order valence-electron chi connectivity index (χ0n) is 20.9. The van der Waals surface area contributed by atoms with Crippen LogP contribution in [0.3, 0.4) is 0 Å². The highest BCUT2D eigenvalue weighted by molar-refractivity contribution is 8.03. The van der Waals surface area contributed by atoms with Gasteiger partial charge in [-0.25, -0.2) is 9.78 Å². The number of hydrogen-bond acceptors (Lipinski definition) is 7. The first-order valence-electron chi connectivity index (χ1n) is 12.1. The van der Waals surface area contributed by atoms with Crippen molar-refractivity contribution in [1.29, 1.82) is 0 Å². The summed E-state index contributed by atoms with van der Waals surface area (Å²) in [5.41, 5.74) is 0.899. The Labute approximate surface area is 220 Å². The number of rotatable bonds is 11. The molecule has 0 bridgehead atoms. The zero-order valence-corrected chi connectivity index (χ0v) is 21.7. The van der Waals surface area contributed by atoms with Crippen LogP contribution in [-0.4, -0.2) is 46.7 Å². The molecule has 1 N–H and O–H groups in total. The van der Waals surface area contributed by atoms with E-state index in [4.69, 9.17) is 9.47 Å². The van der Waals surface area contributed by atoms with Crippen molar-refractivity contribution in [3.63, 3.8) is 0 Å². The molecule has 0 fully saturated rings. The predicted octanol–water partition coefficient (Wildman–Crippen LogP) is 5.08. The molecule has 0 aliphatic heterocycles. The van der Waals surface area contributed by atoms with E-state index < -0.39 is 11.4 Å². The standard InChI is InChI=1S/C29H30N2O5S/c1-31-16-15-30-28(31)37-25-19-29(20-32,14-6-7-17-36-23-8-4-3-5-9-23)24(26(25)33)18-21-10-12-22(13-11-21)27(34)35-2/h3-5,8-13,15-16,18-19,32H,6-7,14,17,20H2,1-2H3. The summed E-state index contributed by atoms with van der Waals surface area (Å²) in [6.45, 7) is 0.348. The van der Waals surface area contributed by atoms with Crippen molar-refractivity contribution in [3.05, 3.63) is 94.7 Å². The Morgan fingerprint density at radius 1 is 1.14 bits per heavy atom.